The van der Waals surface area contributed by atoms with Crippen LogP contribution in [0.5, 0.6) is 17.2 Å². The number of nitrogens with two attached hydrogens (primary N) is 1. The van der Waals surface area contributed by atoms with Crippen LogP contribution >= 0.6 is 0 Å². The fourth-order valence-corrected chi connectivity index (χ4v) is 6.31. The lowest BCUT2D eigenvalue weighted by Crippen LogP contribution is -2.62. The van der Waals surface area contributed by atoms with Crippen molar-refractivity contribution in [1.29, 1.82) is 0 Å². The van der Waals surface area contributed by atoms with E-state index in [1.807, 2.05) is 18.2 Å². The number of carbonyl (C=O) groups is 3. The highest BCUT2D eigenvalue weighted by molar-refractivity contribution is 5.94. The van der Waals surface area contributed by atoms with Crippen molar-refractivity contribution in [3.8, 4) is 28.6 Å². The van der Waals surface area contributed by atoms with Crippen LogP contribution in [0.25, 0.3) is 11.4 Å². The first-order valence-corrected chi connectivity index (χ1v) is 16.2. The van der Waals surface area contributed by atoms with Crippen LogP contribution in [0.3, 0.4) is 0 Å². The number of urea groups is 1. The minimum absolute atomic E-state index is 0.118. The van der Waals surface area contributed by atoms with Gasteiger partial charge in [0.2, 0.25) is 24.4 Å². The van der Waals surface area contributed by atoms with Gasteiger partial charge in [-0.25, -0.2) is 4.79 Å². The van der Waals surface area contributed by atoms with Crippen LogP contribution in [-0.2, 0) is 22.6 Å². The minimum atomic E-state index is -5.19. The summed E-state index contributed by atoms with van der Waals surface area (Å²) in [4.78, 5) is 41.9. The molecule has 0 bridgehead atoms. The van der Waals surface area contributed by atoms with E-state index >= 15 is 0 Å². The number of aryl methyl sites for hydroxylation is 1. The number of phenols is 1. The number of piperidine rings is 1. The largest absolute Gasteiger partial charge is 0.542 e. The number of carbonyl (C=O) groups excluding carboxylic acids is 3. The highest BCUT2D eigenvalue weighted by Gasteiger charge is 2.41. The number of nitrogens with one attached hydrogen (secondary N) is 1. The second kappa shape index (κ2) is 15.6. The first kappa shape index (κ1) is 37.4. The van der Waals surface area contributed by atoms with Gasteiger partial charge in [-0.05, 0) is 73.0 Å². The standard InChI is InChI=1S/C33H36N6O6.C2HF3O2/c1-21-35-32(37-45-21)24-8-10-25(11-9-24)36-33(42)38(28(31(34)41)16-22-5-12-27(40)13-6-22)26-4-3-15-39(2,19-26)18-23-7-14-29-30(17-23)44-20-43-29;3-2(4,5)1(6)7/h5-14,17,26,28H,3-4,15-16,18-20H2,1-2H3,(H3-,34,36,37,40,41,42);(H,6,7)/t26-,28+,39?;/m1./s1. The Morgan fingerprint density at radius 1 is 1.06 bits per heavy atom. The summed E-state index contributed by atoms with van der Waals surface area (Å²) in [6.45, 7) is 4.19. The Hall–Kier alpha value is -5.84. The molecule has 14 nitrogen and oxygen atoms in total. The van der Waals surface area contributed by atoms with Crippen molar-refractivity contribution < 1.29 is 56.2 Å². The number of anilines is 1. The van der Waals surface area contributed by atoms with Gasteiger partial charge in [-0.1, -0.05) is 17.3 Å². The Labute approximate surface area is 296 Å². The van der Waals surface area contributed by atoms with E-state index in [0.29, 0.717) is 28.4 Å². The molecule has 276 valence electrons. The number of alkyl halides is 3. The predicted molar refractivity (Wildman–Crippen MR) is 176 cm³/mol. The number of quaternary nitrogens is 1. The lowest BCUT2D eigenvalue weighted by molar-refractivity contribution is -0.928. The number of phenolic OH excluding ortho intramolecular Hbond substituents is 1. The Morgan fingerprint density at radius 3 is 2.33 bits per heavy atom. The summed E-state index contributed by atoms with van der Waals surface area (Å²) < 4.78 is 48.4. The average Bonchev–Trinajstić information content (AvgIpc) is 3.74. The number of nitrogens with zero attached hydrogens (tertiary/aromatic N) is 4. The first-order chi connectivity index (χ1) is 24.6. The number of amides is 3. The molecule has 17 heteroatoms. The van der Waals surface area contributed by atoms with Crippen LogP contribution in [-0.4, -0.2) is 87.7 Å². The van der Waals surface area contributed by atoms with Gasteiger partial charge < -0.3 is 49.4 Å². The van der Waals surface area contributed by atoms with E-state index in [1.54, 1.807) is 60.4 Å². The molecule has 2 aliphatic rings. The summed E-state index contributed by atoms with van der Waals surface area (Å²) in [5.41, 5.74) is 9.20. The summed E-state index contributed by atoms with van der Waals surface area (Å²) in [6, 6.07) is 18.1. The number of rotatable bonds is 9. The molecule has 1 aromatic heterocycles. The highest BCUT2D eigenvalue weighted by Crippen LogP contribution is 2.34. The highest BCUT2D eigenvalue weighted by atomic mass is 19.4. The van der Waals surface area contributed by atoms with Gasteiger partial charge in [0.05, 0.1) is 26.2 Å². The fraction of sp³-hybridized carbons (Fsp3) is 0.343. The number of likely N-dealkylation sites (tertiary alicyclic amines) is 1. The Bertz CT molecular complexity index is 1890. The van der Waals surface area contributed by atoms with Crippen molar-refractivity contribution in [2.45, 2.75) is 51.0 Å². The van der Waals surface area contributed by atoms with Gasteiger partial charge in [0.25, 0.3) is 0 Å². The van der Waals surface area contributed by atoms with Gasteiger partial charge in [0, 0.05) is 30.2 Å². The first-order valence-electron chi connectivity index (χ1n) is 16.2. The molecule has 0 saturated carbocycles. The van der Waals surface area contributed by atoms with Crippen LogP contribution in [0.1, 0.15) is 29.9 Å². The van der Waals surface area contributed by atoms with Crippen LogP contribution < -0.4 is 25.6 Å². The molecule has 4 N–H and O–H groups in total. The van der Waals surface area contributed by atoms with E-state index in [1.165, 1.54) is 0 Å². The maximum absolute atomic E-state index is 14.1. The van der Waals surface area contributed by atoms with Gasteiger partial charge in [-0.2, -0.15) is 18.2 Å². The summed E-state index contributed by atoms with van der Waals surface area (Å²) in [7, 11) is 2.17. The normalized spacial score (nSPS) is 18.4. The van der Waals surface area contributed by atoms with Crippen molar-refractivity contribution in [2.75, 3.05) is 32.2 Å². The number of carboxylic acid groups (broad SMARTS) is 1. The molecule has 4 aromatic rings. The predicted octanol–water partition coefficient (Wildman–Crippen LogP) is 3.52. The fourth-order valence-electron chi connectivity index (χ4n) is 6.31. The number of halogens is 3. The Kier molecular flexibility index (Phi) is 11.2. The number of primary amides is 1. The number of hydrogen-bond donors (Lipinski definition) is 3. The van der Waals surface area contributed by atoms with E-state index in [9.17, 15) is 27.9 Å². The van der Waals surface area contributed by atoms with Crippen LogP contribution in [0.15, 0.2) is 71.3 Å². The third-order valence-corrected chi connectivity index (χ3v) is 8.70. The molecule has 1 unspecified atom stereocenters. The zero-order valence-corrected chi connectivity index (χ0v) is 28.3. The van der Waals surface area contributed by atoms with E-state index in [2.05, 4.69) is 22.5 Å². The molecule has 6 rings (SSSR count). The Morgan fingerprint density at radius 2 is 1.71 bits per heavy atom. The topological polar surface area (TPSA) is 193 Å². The summed E-state index contributed by atoms with van der Waals surface area (Å²) >= 11 is 0. The smallest absolute Gasteiger partial charge is 0.430 e. The van der Waals surface area contributed by atoms with Crippen LogP contribution in [0.2, 0.25) is 0 Å². The second-order valence-corrected chi connectivity index (χ2v) is 12.8. The number of hydrogen-bond acceptors (Lipinski definition) is 10. The Balaban J connectivity index is 0.000000679. The van der Waals surface area contributed by atoms with Gasteiger partial charge in [-0.3, -0.25) is 4.79 Å². The molecule has 3 heterocycles. The van der Waals surface area contributed by atoms with Crippen molar-refractivity contribution >= 4 is 23.6 Å². The van der Waals surface area contributed by atoms with Crippen molar-refractivity contribution in [3.63, 3.8) is 0 Å². The van der Waals surface area contributed by atoms with E-state index in [0.717, 1.165) is 54.1 Å². The lowest BCUT2D eigenvalue weighted by atomic mass is 9.96. The third-order valence-electron chi connectivity index (χ3n) is 8.70. The number of aromatic hydroxyl groups is 1. The van der Waals surface area contributed by atoms with E-state index < -0.39 is 30.1 Å². The maximum atomic E-state index is 14.1. The number of aromatic nitrogens is 2. The number of aliphatic carboxylic acids is 1. The molecule has 0 aliphatic carbocycles. The molecule has 3 aromatic carbocycles. The van der Waals surface area contributed by atoms with Crippen molar-refractivity contribution in [2.24, 2.45) is 5.73 Å². The SMILES string of the molecule is Cc1nc(-c2ccc(NC(=O)N([C@@H]3CCC[N+](C)(Cc4ccc5c(c4)OCO5)C3)[C@@H](Cc3ccc(O)cc3)C(N)=O)cc2)no1.O=C([O-])C(F)(F)F. The third kappa shape index (κ3) is 9.48. The van der Waals surface area contributed by atoms with Gasteiger partial charge >= 0.3 is 12.2 Å². The summed E-state index contributed by atoms with van der Waals surface area (Å²) in [5, 5.41) is 25.5. The molecule has 1 fully saturated rings. The number of benzene rings is 3. The lowest BCUT2D eigenvalue weighted by Gasteiger charge is -2.46. The van der Waals surface area contributed by atoms with Crippen LogP contribution in [0, 0.1) is 6.92 Å². The van der Waals surface area contributed by atoms with Gasteiger partial charge in [0.1, 0.15) is 24.3 Å². The molecular formula is C35H37F3N6O8. The number of carboxylic acids is 1. The van der Waals surface area contributed by atoms with Crippen molar-refractivity contribution in [3.05, 3.63) is 83.7 Å². The maximum Gasteiger partial charge on any atom is 0.430 e. The molecular weight excluding hydrogens is 689 g/mol. The number of ether oxygens (including phenoxy) is 2. The van der Waals surface area contributed by atoms with Gasteiger partial charge in [-0.15, -0.1) is 0 Å². The molecule has 52 heavy (non-hydrogen) atoms. The molecule has 2 aliphatic heterocycles. The zero-order chi connectivity index (χ0) is 37.6. The molecule has 0 radical (unpaired) electrons. The van der Waals surface area contributed by atoms with E-state index in [-0.39, 0.29) is 25.0 Å². The molecule has 3 atom stereocenters. The second-order valence-electron chi connectivity index (χ2n) is 12.8. The monoisotopic (exact) mass is 726 g/mol. The molecule has 0 spiro atoms. The van der Waals surface area contributed by atoms with Crippen molar-refractivity contribution in [1.82, 2.24) is 15.0 Å². The average molecular weight is 727 g/mol. The molecule has 3 amide bonds. The van der Waals surface area contributed by atoms with Gasteiger partial charge in [0.15, 0.2) is 11.5 Å². The van der Waals surface area contributed by atoms with E-state index in [4.69, 9.17) is 29.6 Å². The molecule has 1 saturated heterocycles. The quantitative estimate of drug-likeness (QED) is 0.215. The minimum Gasteiger partial charge on any atom is -0.542 e. The van der Waals surface area contributed by atoms with Crippen LogP contribution in [0.4, 0.5) is 23.7 Å². The zero-order valence-electron chi connectivity index (χ0n) is 28.3. The summed E-state index contributed by atoms with van der Waals surface area (Å²) in [5.74, 6) is -1.11. The summed E-state index contributed by atoms with van der Waals surface area (Å²) in [6.07, 6.45) is -3.40. The number of likely N-dealkylation sites (N-methyl/N-ethyl adjacent to an activating group) is 1. The number of fused-ring (bicyclic) bond motifs is 1.